The summed E-state index contributed by atoms with van der Waals surface area (Å²) in [6.45, 7) is 1.24. The van der Waals surface area contributed by atoms with Crippen LogP contribution in [0.5, 0.6) is 0 Å². The molecule has 0 unspecified atom stereocenters. The summed E-state index contributed by atoms with van der Waals surface area (Å²) in [6.07, 6.45) is 11.5. The predicted octanol–water partition coefficient (Wildman–Crippen LogP) is 3.02. The van der Waals surface area contributed by atoms with Crippen molar-refractivity contribution < 1.29 is 9.53 Å². The van der Waals surface area contributed by atoms with E-state index < -0.39 is 0 Å². The maximum atomic E-state index is 11.9. The van der Waals surface area contributed by atoms with E-state index in [1.165, 1.54) is 38.5 Å². The molecule has 0 aliphatic heterocycles. The van der Waals surface area contributed by atoms with E-state index in [0.29, 0.717) is 19.6 Å². The Bertz CT molecular complexity index is 268. The fourth-order valence-corrected chi connectivity index (χ4v) is 3.23. The Kier molecular flexibility index (Phi) is 5.04. The second-order valence-electron chi connectivity index (χ2n) is 6.25. The number of hydrogen-bond acceptors (Lipinski definition) is 3. The van der Waals surface area contributed by atoms with Crippen LogP contribution in [0.3, 0.4) is 0 Å². The number of esters is 1. The van der Waals surface area contributed by atoms with Gasteiger partial charge in [0.25, 0.3) is 0 Å². The molecule has 0 amide bonds. The highest BCUT2D eigenvalue weighted by Gasteiger charge is 2.33. The van der Waals surface area contributed by atoms with Crippen LogP contribution in [0.1, 0.15) is 64.2 Å². The van der Waals surface area contributed by atoms with Crippen molar-refractivity contribution in [3.8, 4) is 0 Å². The van der Waals surface area contributed by atoms with Gasteiger partial charge in [-0.05, 0) is 37.1 Å². The van der Waals surface area contributed by atoms with Gasteiger partial charge in [0, 0.05) is 0 Å². The lowest BCUT2D eigenvalue weighted by atomic mass is 9.72. The van der Waals surface area contributed by atoms with E-state index in [1.54, 1.807) is 0 Å². The number of carbonyl (C=O) groups is 1. The lowest BCUT2D eigenvalue weighted by Gasteiger charge is -2.35. The quantitative estimate of drug-likeness (QED) is 0.740. The standard InChI is InChI=1S/C15H27NO2/c16-12-15(8-2-1-3-9-15)11-14(17)18-10-7-13-5-4-6-13/h13H,1-12,16H2. The van der Waals surface area contributed by atoms with Gasteiger partial charge in [0.1, 0.15) is 0 Å². The first-order chi connectivity index (χ1) is 8.74. The van der Waals surface area contributed by atoms with Gasteiger partial charge in [0.05, 0.1) is 13.0 Å². The lowest BCUT2D eigenvalue weighted by molar-refractivity contribution is -0.147. The van der Waals surface area contributed by atoms with Crippen LogP contribution in [0.4, 0.5) is 0 Å². The van der Waals surface area contributed by atoms with Crippen molar-refractivity contribution in [3.05, 3.63) is 0 Å². The maximum Gasteiger partial charge on any atom is 0.306 e. The number of ether oxygens (including phenoxy) is 1. The molecule has 0 aromatic heterocycles. The van der Waals surface area contributed by atoms with Crippen LogP contribution in [0.25, 0.3) is 0 Å². The van der Waals surface area contributed by atoms with Crippen LogP contribution < -0.4 is 5.73 Å². The van der Waals surface area contributed by atoms with Gasteiger partial charge in [-0.15, -0.1) is 0 Å². The number of carbonyl (C=O) groups excluding carboxylic acids is 1. The minimum absolute atomic E-state index is 0.0262. The molecule has 0 heterocycles. The summed E-state index contributed by atoms with van der Waals surface area (Å²) in [5.74, 6) is 0.789. The first-order valence-electron chi connectivity index (χ1n) is 7.60. The molecule has 2 rings (SSSR count). The van der Waals surface area contributed by atoms with Gasteiger partial charge in [-0.2, -0.15) is 0 Å². The normalized spacial score (nSPS) is 23.4. The highest BCUT2D eigenvalue weighted by Crippen LogP contribution is 2.38. The fourth-order valence-electron chi connectivity index (χ4n) is 3.23. The third-order valence-electron chi connectivity index (χ3n) is 4.88. The second kappa shape index (κ2) is 6.55. The van der Waals surface area contributed by atoms with Gasteiger partial charge in [0.2, 0.25) is 0 Å². The number of nitrogens with two attached hydrogens (primary N) is 1. The van der Waals surface area contributed by atoms with E-state index in [9.17, 15) is 4.79 Å². The van der Waals surface area contributed by atoms with E-state index >= 15 is 0 Å². The first kappa shape index (κ1) is 13.9. The Labute approximate surface area is 110 Å². The number of hydrogen-bond donors (Lipinski definition) is 1. The molecule has 3 heteroatoms. The van der Waals surface area contributed by atoms with E-state index in [-0.39, 0.29) is 11.4 Å². The Hall–Kier alpha value is -0.570. The van der Waals surface area contributed by atoms with Crippen molar-refractivity contribution in [1.82, 2.24) is 0 Å². The fraction of sp³-hybridized carbons (Fsp3) is 0.933. The van der Waals surface area contributed by atoms with Gasteiger partial charge >= 0.3 is 5.97 Å². The molecule has 0 spiro atoms. The Morgan fingerprint density at radius 2 is 1.89 bits per heavy atom. The summed E-state index contributed by atoms with van der Waals surface area (Å²) >= 11 is 0. The zero-order valence-electron chi connectivity index (χ0n) is 11.5. The summed E-state index contributed by atoms with van der Waals surface area (Å²) in [4.78, 5) is 11.9. The van der Waals surface area contributed by atoms with Crippen molar-refractivity contribution in [2.45, 2.75) is 64.2 Å². The molecule has 0 saturated heterocycles. The monoisotopic (exact) mass is 253 g/mol. The maximum absolute atomic E-state index is 11.9. The Morgan fingerprint density at radius 1 is 1.17 bits per heavy atom. The van der Waals surface area contributed by atoms with Crippen LogP contribution in [0.15, 0.2) is 0 Å². The third-order valence-corrected chi connectivity index (χ3v) is 4.88. The molecule has 0 bridgehead atoms. The topological polar surface area (TPSA) is 52.3 Å². The van der Waals surface area contributed by atoms with Crippen molar-refractivity contribution in [2.75, 3.05) is 13.2 Å². The van der Waals surface area contributed by atoms with Crippen molar-refractivity contribution >= 4 is 5.97 Å². The molecule has 3 nitrogen and oxygen atoms in total. The largest absolute Gasteiger partial charge is 0.466 e. The van der Waals surface area contributed by atoms with Crippen molar-refractivity contribution in [1.29, 1.82) is 0 Å². The summed E-state index contributed by atoms with van der Waals surface area (Å²) in [5.41, 5.74) is 5.93. The van der Waals surface area contributed by atoms with Crippen molar-refractivity contribution in [3.63, 3.8) is 0 Å². The van der Waals surface area contributed by atoms with Gasteiger partial charge in [-0.3, -0.25) is 4.79 Å². The average molecular weight is 253 g/mol. The highest BCUT2D eigenvalue weighted by atomic mass is 16.5. The van der Waals surface area contributed by atoms with Gasteiger partial charge in [0.15, 0.2) is 0 Å². The van der Waals surface area contributed by atoms with Crippen LogP contribution in [0.2, 0.25) is 0 Å². The van der Waals surface area contributed by atoms with E-state index in [2.05, 4.69) is 0 Å². The smallest absolute Gasteiger partial charge is 0.306 e. The molecule has 0 atom stereocenters. The van der Waals surface area contributed by atoms with Gasteiger partial charge in [-0.1, -0.05) is 38.5 Å². The summed E-state index contributed by atoms with van der Waals surface area (Å²) in [5, 5.41) is 0. The second-order valence-corrected chi connectivity index (χ2v) is 6.25. The third kappa shape index (κ3) is 3.71. The molecule has 2 aliphatic rings. The summed E-state index contributed by atoms with van der Waals surface area (Å²) in [7, 11) is 0. The van der Waals surface area contributed by atoms with E-state index in [4.69, 9.17) is 10.5 Å². The van der Waals surface area contributed by atoms with E-state index in [0.717, 1.165) is 25.2 Å². The molecule has 0 aromatic carbocycles. The Morgan fingerprint density at radius 3 is 2.44 bits per heavy atom. The minimum Gasteiger partial charge on any atom is -0.466 e. The molecule has 2 fully saturated rings. The lowest BCUT2D eigenvalue weighted by Crippen LogP contribution is -2.35. The molecule has 104 valence electrons. The summed E-state index contributed by atoms with van der Waals surface area (Å²) in [6, 6.07) is 0. The van der Waals surface area contributed by atoms with Crippen molar-refractivity contribution in [2.24, 2.45) is 17.1 Å². The van der Waals surface area contributed by atoms with E-state index in [1.807, 2.05) is 0 Å². The molecule has 18 heavy (non-hydrogen) atoms. The SMILES string of the molecule is NCC1(CC(=O)OCCC2CCC2)CCCCC1. The summed E-state index contributed by atoms with van der Waals surface area (Å²) < 4.78 is 5.38. The van der Waals surface area contributed by atoms with Crippen LogP contribution in [-0.4, -0.2) is 19.1 Å². The Balaban J connectivity index is 1.67. The van der Waals surface area contributed by atoms with Crippen LogP contribution >= 0.6 is 0 Å². The van der Waals surface area contributed by atoms with Crippen LogP contribution in [0, 0.1) is 11.3 Å². The van der Waals surface area contributed by atoms with Gasteiger partial charge in [-0.25, -0.2) is 0 Å². The average Bonchev–Trinajstić information content (AvgIpc) is 2.33. The molecule has 2 aliphatic carbocycles. The van der Waals surface area contributed by atoms with Gasteiger partial charge < -0.3 is 10.5 Å². The van der Waals surface area contributed by atoms with Crippen LogP contribution in [-0.2, 0) is 9.53 Å². The zero-order chi connectivity index (χ0) is 12.8. The molecular weight excluding hydrogens is 226 g/mol. The molecule has 0 radical (unpaired) electrons. The zero-order valence-corrected chi connectivity index (χ0v) is 11.5. The highest BCUT2D eigenvalue weighted by molar-refractivity contribution is 5.70. The molecule has 0 aromatic rings. The molecular formula is C15H27NO2. The predicted molar refractivity (Wildman–Crippen MR) is 72.1 cm³/mol. The molecule has 2 N–H and O–H groups in total. The molecule has 2 saturated carbocycles. The number of rotatable bonds is 6. The first-order valence-corrected chi connectivity index (χ1v) is 7.60. The minimum atomic E-state index is -0.0262.